The van der Waals surface area contributed by atoms with Crippen LogP contribution in [-0.4, -0.2) is 29.5 Å². The van der Waals surface area contributed by atoms with Crippen molar-refractivity contribution in [3.63, 3.8) is 0 Å². The van der Waals surface area contributed by atoms with Crippen molar-refractivity contribution in [2.75, 3.05) is 11.5 Å². The molecule has 0 spiro atoms. The number of carbonyl (C=O) groups excluding carboxylic acids is 2. The summed E-state index contributed by atoms with van der Waals surface area (Å²) >= 11 is 1.46. The molecular formula is C19H16N2O3S. The molecule has 3 aromatic rings. The van der Waals surface area contributed by atoms with E-state index in [2.05, 4.69) is 4.98 Å². The summed E-state index contributed by atoms with van der Waals surface area (Å²) < 4.78 is 6.16. The lowest BCUT2D eigenvalue weighted by molar-refractivity contribution is -0.122. The van der Waals surface area contributed by atoms with Crippen LogP contribution in [0.25, 0.3) is 10.2 Å². The first-order chi connectivity index (χ1) is 12.1. The first-order valence-electron chi connectivity index (χ1n) is 8.04. The summed E-state index contributed by atoms with van der Waals surface area (Å²) in [5.41, 5.74) is 5.06. The Morgan fingerprint density at radius 2 is 2.12 bits per heavy atom. The van der Waals surface area contributed by atoms with Gasteiger partial charge in [0.15, 0.2) is 6.61 Å². The summed E-state index contributed by atoms with van der Waals surface area (Å²) in [4.78, 5) is 30.7. The second kappa shape index (κ2) is 6.29. The summed E-state index contributed by atoms with van der Waals surface area (Å²) in [6.07, 6.45) is 0.817. The third-order valence-corrected chi connectivity index (χ3v) is 5.16. The predicted molar refractivity (Wildman–Crippen MR) is 97.0 cm³/mol. The molecular weight excluding hydrogens is 336 g/mol. The zero-order chi connectivity index (χ0) is 17.4. The highest BCUT2D eigenvalue weighted by molar-refractivity contribution is 7.16. The molecule has 4 rings (SSSR count). The second-order valence-corrected chi connectivity index (χ2v) is 6.94. The zero-order valence-electron chi connectivity index (χ0n) is 13.6. The Bertz CT molecular complexity index is 966. The van der Waals surface area contributed by atoms with E-state index in [-0.39, 0.29) is 18.6 Å². The van der Waals surface area contributed by atoms with Crippen LogP contribution in [0.1, 0.15) is 22.8 Å². The van der Waals surface area contributed by atoms with Gasteiger partial charge in [-0.2, -0.15) is 0 Å². The number of nitrogens with zero attached hydrogens (tertiary/aromatic N) is 2. The van der Waals surface area contributed by atoms with Crippen LogP contribution in [-0.2, 0) is 16.0 Å². The number of hydrogen-bond acceptors (Lipinski definition) is 5. The maximum absolute atomic E-state index is 12.6. The van der Waals surface area contributed by atoms with Gasteiger partial charge in [0.05, 0.1) is 21.3 Å². The van der Waals surface area contributed by atoms with Crippen LogP contribution in [0.15, 0.2) is 48.0 Å². The van der Waals surface area contributed by atoms with Gasteiger partial charge in [-0.05, 0) is 43.2 Å². The quantitative estimate of drug-likeness (QED) is 0.678. The highest BCUT2D eigenvalue weighted by atomic mass is 32.1. The number of carbonyl (C=O) groups is 2. The lowest BCUT2D eigenvalue weighted by Gasteiger charge is -2.22. The first kappa shape index (κ1) is 15.8. The summed E-state index contributed by atoms with van der Waals surface area (Å²) in [6, 6.07) is 13.1. The van der Waals surface area contributed by atoms with Crippen molar-refractivity contribution in [1.82, 2.24) is 4.98 Å². The predicted octanol–water partition coefficient (Wildman–Crippen LogP) is 3.43. The largest absolute Gasteiger partial charge is 0.452 e. The highest BCUT2D eigenvalue weighted by Gasteiger charge is 2.31. The summed E-state index contributed by atoms with van der Waals surface area (Å²) in [7, 11) is 0. The molecule has 25 heavy (non-hydrogen) atoms. The van der Waals surface area contributed by atoms with Gasteiger partial charge in [0.2, 0.25) is 0 Å². The molecule has 1 aliphatic heterocycles. The number of anilines is 1. The number of benzene rings is 2. The van der Waals surface area contributed by atoms with Crippen molar-refractivity contribution in [1.29, 1.82) is 0 Å². The van der Waals surface area contributed by atoms with Crippen LogP contribution in [0, 0.1) is 0 Å². The van der Waals surface area contributed by atoms with Crippen molar-refractivity contribution < 1.29 is 14.3 Å². The number of aromatic nitrogens is 1. The number of rotatable bonds is 3. The molecule has 0 fully saturated rings. The smallest absolute Gasteiger partial charge is 0.338 e. The van der Waals surface area contributed by atoms with E-state index in [0.717, 1.165) is 27.9 Å². The molecule has 0 saturated heterocycles. The van der Waals surface area contributed by atoms with Crippen LogP contribution in [0.2, 0.25) is 0 Å². The second-order valence-electron chi connectivity index (χ2n) is 6.06. The van der Waals surface area contributed by atoms with Gasteiger partial charge < -0.3 is 9.64 Å². The number of thiazole rings is 1. The average Bonchev–Trinajstić information content (AvgIpc) is 3.21. The molecule has 0 bridgehead atoms. The molecule has 1 atom stereocenters. The number of esters is 1. The summed E-state index contributed by atoms with van der Waals surface area (Å²) in [5.74, 6) is -0.701. The minimum atomic E-state index is -0.496. The van der Waals surface area contributed by atoms with Gasteiger partial charge in [-0.25, -0.2) is 9.78 Å². The van der Waals surface area contributed by atoms with Gasteiger partial charge >= 0.3 is 5.97 Å². The van der Waals surface area contributed by atoms with Crippen LogP contribution >= 0.6 is 11.3 Å². The maximum atomic E-state index is 12.6. The van der Waals surface area contributed by atoms with Crippen LogP contribution < -0.4 is 4.90 Å². The third-order valence-electron chi connectivity index (χ3n) is 4.37. The number of ether oxygens (including phenoxy) is 1. The lowest BCUT2D eigenvalue weighted by Crippen LogP contribution is -2.38. The minimum absolute atomic E-state index is 0.0668. The number of fused-ring (bicyclic) bond motifs is 2. The maximum Gasteiger partial charge on any atom is 0.338 e. The van der Waals surface area contributed by atoms with E-state index in [0.29, 0.717) is 5.56 Å². The Morgan fingerprint density at radius 1 is 1.28 bits per heavy atom. The van der Waals surface area contributed by atoms with E-state index in [9.17, 15) is 9.59 Å². The molecule has 1 aromatic heterocycles. The van der Waals surface area contributed by atoms with Crippen molar-refractivity contribution in [2.24, 2.45) is 0 Å². The topological polar surface area (TPSA) is 59.5 Å². The standard InChI is InChI=1S/C19H16N2O3S/c1-12-8-13-4-2-3-5-16(13)21(12)18(22)10-24-19(23)14-6-7-15-17(9-14)25-11-20-15/h2-7,9,11-12H,8,10H2,1H3/t12-/m1/s1. The summed E-state index contributed by atoms with van der Waals surface area (Å²) in [6.45, 7) is 1.73. The van der Waals surface area contributed by atoms with Gasteiger partial charge in [-0.15, -0.1) is 11.3 Å². The number of amides is 1. The van der Waals surface area contributed by atoms with Crippen molar-refractivity contribution >= 4 is 39.1 Å². The molecule has 6 heteroatoms. The van der Waals surface area contributed by atoms with Gasteiger partial charge in [0, 0.05) is 11.7 Å². The normalized spacial score (nSPS) is 16.0. The molecule has 2 aromatic carbocycles. The van der Waals surface area contributed by atoms with Crippen LogP contribution in [0.4, 0.5) is 5.69 Å². The SMILES string of the molecule is C[C@@H]1Cc2ccccc2N1C(=O)COC(=O)c1ccc2ncsc2c1. The average molecular weight is 352 g/mol. The molecule has 126 valence electrons. The van der Waals surface area contributed by atoms with Crippen LogP contribution in [0.3, 0.4) is 0 Å². The van der Waals surface area contributed by atoms with E-state index in [1.807, 2.05) is 31.2 Å². The molecule has 1 aliphatic rings. The van der Waals surface area contributed by atoms with Gasteiger partial charge in [-0.3, -0.25) is 4.79 Å². The van der Waals surface area contributed by atoms with Crippen molar-refractivity contribution in [3.05, 3.63) is 59.1 Å². The first-order valence-corrected chi connectivity index (χ1v) is 8.92. The van der Waals surface area contributed by atoms with Gasteiger partial charge in [-0.1, -0.05) is 18.2 Å². The van der Waals surface area contributed by atoms with Gasteiger partial charge in [0.1, 0.15) is 0 Å². The Morgan fingerprint density at radius 3 is 3.00 bits per heavy atom. The lowest BCUT2D eigenvalue weighted by atomic mass is 10.1. The Hall–Kier alpha value is -2.73. The molecule has 2 heterocycles. The van der Waals surface area contributed by atoms with E-state index in [4.69, 9.17) is 4.74 Å². The Labute approximate surface area is 148 Å². The van der Waals surface area contributed by atoms with E-state index >= 15 is 0 Å². The fraction of sp³-hybridized carbons (Fsp3) is 0.211. The van der Waals surface area contributed by atoms with Crippen LogP contribution in [0.5, 0.6) is 0 Å². The summed E-state index contributed by atoms with van der Waals surface area (Å²) in [5, 5.41) is 0. The highest BCUT2D eigenvalue weighted by Crippen LogP contribution is 2.31. The molecule has 1 amide bonds. The molecule has 0 aliphatic carbocycles. The van der Waals surface area contributed by atoms with E-state index < -0.39 is 5.97 Å². The van der Waals surface area contributed by atoms with Crippen molar-refractivity contribution in [2.45, 2.75) is 19.4 Å². The monoisotopic (exact) mass is 352 g/mol. The van der Waals surface area contributed by atoms with E-state index in [1.54, 1.807) is 28.6 Å². The molecule has 0 radical (unpaired) electrons. The zero-order valence-corrected chi connectivity index (χ0v) is 14.5. The van der Waals surface area contributed by atoms with E-state index in [1.165, 1.54) is 11.3 Å². The molecule has 0 N–H and O–H groups in total. The fourth-order valence-corrected chi connectivity index (χ4v) is 3.92. The number of hydrogen-bond donors (Lipinski definition) is 0. The Kier molecular flexibility index (Phi) is 3.97. The fourth-order valence-electron chi connectivity index (χ4n) is 3.21. The molecule has 0 unspecified atom stereocenters. The Balaban J connectivity index is 1.45. The van der Waals surface area contributed by atoms with Gasteiger partial charge in [0.25, 0.3) is 5.91 Å². The third kappa shape index (κ3) is 2.89. The number of para-hydroxylation sites is 1. The molecule has 5 nitrogen and oxygen atoms in total. The van der Waals surface area contributed by atoms with Crippen molar-refractivity contribution in [3.8, 4) is 0 Å². The minimum Gasteiger partial charge on any atom is -0.452 e. The molecule has 0 saturated carbocycles.